The standard InChI is InChI=1S/C8H10AsNO5.C6H7NO3S/c1-5(11)10-6-2-3-8(12)7(4-6)9(13,14)15;7-5-3-1-2-4-6(5)11(8,9)10/h2-4,12H,1H3,(H,10,11)(H2,13,14,15);1-4H,7H2,(H,8,9,10). The van der Waals surface area contributed by atoms with Gasteiger partial charge in [-0.25, -0.2) is 0 Å². The number of rotatable bonds is 3. The van der Waals surface area contributed by atoms with Crippen molar-refractivity contribution in [1.82, 2.24) is 0 Å². The Labute approximate surface area is 152 Å². The van der Waals surface area contributed by atoms with Crippen LogP contribution in [0.15, 0.2) is 47.4 Å². The van der Waals surface area contributed by atoms with Crippen molar-refractivity contribution in [2.75, 3.05) is 11.1 Å². The number of nitrogens with one attached hydrogen (secondary N) is 1. The van der Waals surface area contributed by atoms with Gasteiger partial charge in [0.05, 0.1) is 5.69 Å². The van der Waals surface area contributed by atoms with E-state index in [1.54, 1.807) is 6.07 Å². The molecule has 0 saturated heterocycles. The maximum atomic E-state index is 11.0. The summed E-state index contributed by atoms with van der Waals surface area (Å²) in [5.74, 6) is -0.832. The summed E-state index contributed by atoms with van der Waals surface area (Å²) >= 11 is -5.15. The van der Waals surface area contributed by atoms with Crippen LogP contribution >= 0.6 is 0 Å². The van der Waals surface area contributed by atoms with Gasteiger partial charge >= 0.3 is 88.1 Å². The Kier molecular flexibility index (Phi) is 7.01. The third-order valence-corrected chi connectivity index (χ3v) is 5.80. The number of amides is 1. The van der Waals surface area contributed by atoms with Gasteiger partial charge in [0.2, 0.25) is 0 Å². The number of carbonyl (C=O) groups is 1. The number of nitrogen functional groups attached to an aromatic ring is 1. The van der Waals surface area contributed by atoms with Crippen molar-refractivity contribution >= 4 is 45.9 Å². The van der Waals surface area contributed by atoms with E-state index < -0.39 is 34.4 Å². The molecule has 0 aliphatic carbocycles. The van der Waals surface area contributed by atoms with Crippen molar-refractivity contribution in [1.29, 1.82) is 0 Å². The first kappa shape index (κ1) is 21.7. The van der Waals surface area contributed by atoms with Crippen LogP contribution in [0.4, 0.5) is 11.4 Å². The number of para-hydroxylation sites is 1. The van der Waals surface area contributed by atoms with Crippen LogP contribution in [0.3, 0.4) is 0 Å². The minimum absolute atomic E-state index is 0.0509. The van der Waals surface area contributed by atoms with Gasteiger partial charge in [-0.3, -0.25) is 4.55 Å². The molecule has 142 valence electrons. The van der Waals surface area contributed by atoms with Gasteiger partial charge < -0.3 is 5.73 Å². The van der Waals surface area contributed by atoms with E-state index in [2.05, 4.69) is 5.32 Å². The molecule has 0 heterocycles. The molecule has 0 atom stereocenters. The predicted octanol–water partition coefficient (Wildman–Crippen LogP) is -0.573. The molecular weight excluding hydrogens is 431 g/mol. The van der Waals surface area contributed by atoms with Gasteiger partial charge in [-0.1, -0.05) is 12.1 Å². The summed E-state index contributed by atoms with van der Waals surface area (Å²) in [6.45, 7) is 1.27. The second-order valence-corrected chi connectivity index (χ2v) is 9.63. The summed E-state index contributed by atoms with van der Waals surface area (Å²) in [6.07, 6.45) is 0. The Bertz CT molecular complexity index is 955. The van der Waals surface area contributed by atoms with Crippen LogP contribution in [-0.2, 0) is 18.7 Å². The quantitative estimate of drug-likeness (QED) is 0.155. The van der Waals surface area contributed by atoms with Gasteiger partial charge in [-0.2, -0.15) is 8.42 Å². The van der Waals surface area contributed by atoms with E-state index in [4.69, 9.17) is 18.5 Å². The predicted molar refractivity (Wildman–Crippen MR) is 93.6 cm³/mol. The van der Waals surface area contributed by atoms with Crippen molar-refractivity contribution in [2.24, 2.45) is 0 Å². The number of hydrogen-bond donors (Lipinski definition) is 6. The summed E-state index contributed by atoms with van der Waals surface area (Å²) in [6, 6.07) is 9.26. The number of aromatic hydroxyl groups is 1. The van der Waals surface area contributed by atoms with Crippen LogP contribution in [0.2, 0.25) is 0 Å². The Hall–Kier alpha value is -2.30. The molecule has 7 N–H and O–H groups in total. The normalized spacial score (nSPS) is 11.2. The Morgan fingerprint density at radius 3 is 2.15 bits per heavy atom. The second kappa shape index (κ2) is 8.39. The molecule has 0 aliphatic heterocycles. The molecule has 0 spiro atoms. The Morgan fingerprint density at radius 2 is 1.73 bits per heavy atom. The van der Waals surface area contributed by atoms with E-state index in [0.29, 0.717) is 0 Å². The summed E-state index contributed by atoms with van der Waals surface area (Å²) in [4.78, 5) is 10.4. The van der Waals surface area contributed by atoms with Crippen LogP contribution in [0.25, 0.3) is 0 Å². The fourth-order valence-electron chi connectivity index (χ4n) is 1.75. The average Bonchev–Trinajstić information content (AvgIpc) is 2.47. The molecule has 0 fully saturated rings. The van der Waals surface area contributed by atoms with E-state index in [1.807, 2.05) is 0 Å². The molecule has 2 aromatic carbocycles. The van der Waals surface area contributed by atoms with Crippen LogP contribution in [0, 0.1) is 0 Å². The van der Waals surface area contributed by atoms with Crippen molar-refractivity contribution in [3.8, 4) is 5.75 Å². The smallest absolute Gasteiger partial charge is 0.296 e. The number of phenols is 1. The molecule has 0 bridgehead atoms. The van der Waals surface area contributed by atoms with E-state index in [-0.39, 0.29) is 22.2 Å². The van der Waals surface area contributed by atoms with Gasteiger partial charge in [0.15, 0.2) is 0 Å². The van der Waals surface area contributed by atoms with Gasteiger partial charge in [0, 0.05) is 0 Å². The van der Waals surface area contributed by atoms with E-state index in [9.17, 15) is 22.1 Å². The van der Waals surface area contributed by atoms with Gasteiger partial charge in [-0.05, 0) is 12.1 Å². The molecular formula is C14H17AsN2O8S. The molecule has 0 aliphatic rings. The molecule has 26 heavy (non-hydrogen) atoms. The zero-order chi connectivity index (χ0) is 20.1. The zero-order valence-electron chi connectivity index (χ0n) is 13.4. The molecule has 1 amide bonds. The van der Waals surface area contributed by atoms with Crippen molar-refractivity contribution in [2.45, 2.75) is 11.8 Å². The number of anilines is 2. The number of carbonyl (C=O) groups excluding carboxylic acids is 1. The van der Waals surface area contributed by atoms with Gasteiger partial charge in [0.25, 0.3) is 10.1 Å². The van der Waals surface area contributed by atoms with Crippen LogP contribution in [-0.4, -0.2) is 46.3 Å². The monoisotopic (exact) mass is 448 g/mol. The van der Waals surface area contributed by atoms with Gasteiger partial charge in [0.1, 0.15) is 4.90 Å². The number of nitrogens with two attached hydrogens (primary N) is 1. The summed E-state index contributed by atoms with van der Waals surface area (Å²) in [5, 5.41) is 11.6. The number of benzene rings is 2. The van der Waals surface area contributed by atoms with Crippen molar-refractivity contribution in [3.63, 3.8) is 0 Å². The number of hydrogen-bond acceptors (Lipinski definition) is 6. The molecule has 10 nitrogen and oxygen atoms in total. The van der Waals surface area contributed by atoms with Gasteiger partial charge in [-0.15, -0.1) is 0 Å². The SMILES string of the molecule is CC(=O)Nc1ccc(O)c([As](=O)(O)O)c1.Nc1ccccc1S(=O)(=O)O. The molecule has 2 rings (SSSR count). The largest absolute Gasteiger partial charge is 0.398 e. The summed E-state index contributed by atoms with van der Waals surface area (Å²) in [5.41, 5.74) is 5.55. The fraction of sp³-hybridized carbons (Fsp3) is 0.0714. The maximum Gasteiger partial charge on any atom is 0.296 e. The van der Waals surface area contributed by atoms with Crippen LogP contribution < -0.4 is 15.4 Å². The third kappa shape index (κ3) is 6.54. The first-order chi connectivity index (χ1) is 11.8. The summed E-state index contributed by atoms with van der Waals surface area (Å²) < 4.78 is 58.0. The number of phenolic OH excluding ortho intramolecular Hbond substituents is 1. The first-order valence-corrected chi connectivity index (χ1v) is 11.6. The second-order valence-electron chi connectivity index (χ2n) is 4.94. The minimum Gasteiger partial charge on any atom is -0.398 e. The van der Waals surface area contributed by atoms with Crippen LogP contribution in [0.5, 0.6) is 5.75 Å². The Balaban J connectivity index is 0.000000273. The fourth-order valence-corrected chi connectivity index (χ4v) is 3.80. The van der Waals surface area contributed by atoms with Crippen molar-refractivity contribution < 1.29 is 34.8 Å². The third-order valence-electron chi connectivity index (χ3n) is 2.81. The molecule has 0 radical (unpaired) electrons. The molecule has 0 saturated carbocycles. The van der Waals surface area contributed by atoms with E-state index in [1.165, 1.54) is 31.2 Å². The average molecular weight is 448 g/mol. The minimum atomic E-state index is -5.15. The first-order valence-electron chi connectivity index (χ1n) is 6.81. The van der Waals surface area contributed by atoms with Crippen molar-refractivity contribution in [3.05, 3.63) is 42.5 Å². The van der Waals surface area contributed by atoms with E-state index in [0.717, 1.165) is 12.1 Å². The molecule has 2 aromatic rings. The Morgan fingerprint density at radius 1 is 1.15 bits per heavy atom. The molecule has 0 aromatic heterocycles. The van der Waals surface area contributed by atoms with E-state index >= 15 is 0 Å². The zero-order valence-corrected chi connectivity index (χ0v) is 16.1. The summed E-state index contributed by atoms with van der Waals surface area (Å²) in [7, 11) is -4.16. The molecule has 12 heteroatoms. The topological polar surface area (TPSA) is 187 Å². The molecule has 0 unspecified atom stereocenters. The maximum absolute atomic E-state index is 11.0. The van der Waals surface area contributed by atoms with Crippen LogP contribution in [0.1, 0.15) is 6.92 Å².